The second-order valence-electron chi connectivity index (χ2n) is 4.93. The van der Waals surface area contributed by atoms with E-state index in [-0.39, 0.29) is 77.4 Å². The summed E-state index contributed by atoms with van der Waals surface area (Å²) in [6, 6.07) is 0. The second-order valence-corrected chi connectivity index (χ2v) is 4.93. The standard InChI is InChI=1S/C14H28N2O4.2Na.H2O/c1-3-7-15(9-5-13(17)18)11-12-16(8-4-2)10-6-14(19)20;;;/h3-12H2,1-2H3,(H,17,18)(H,19,20);;;1H2/q;2*+1;/p-2. The van der Waals surface area contributed by atoms with E-state index in [9.17, 15) is 19.8 Å². The van der Waals surface area contributed by atoms with Gasteiger partial charge in [-0.05, 0) is 38.8 Å². The first kappa shape index (κ1) is 31.6. The van der Waals surface area contributed by atoms with Crippen molar-refractivity contribution in [2.45, 2.75) is 39.5 Å². The van der Waals surface area contributed by atoms with E-state index in [0.29, 0.717) is 13.1 Å². The van der Waals surface area contributed by atoms with Gasteiger partial charge in [0.05, 0.1) is 0 Å². The van der Waals surface area contributed by atoms with Crippen molar-refractivity contribution in [3.05, 3.63) is 0 Å². The molecule has 126 valence electrons. The summed E-state index contributed by atoms with van der Waals surface area (Å²) in [5.41, 5.74) is 0. The normalized spacial score (nSPS) is 9.74. The fourth-order valence-corrected chi connectivity index (χ4v) is 2.08. The van der Waals surface area contributed by atoms with Gasteiger partial charge < -0.3 is 35.1 Å². The second kappa shape index (κ2) is 20.9. The van der Waals surface area contributed by atoms with Crippen molar-refractivity contribution in [1.29, 1.82) is 0 Å². The number of rotatable bonds is 13. The Morgan fingerprint density at radius 1 is 0.696 bits per heavy atom. The molecule has 7 nitrogen and oxygen atoms in total. The van der Waals surface area contributed by atoms with Gasteiger partial charge in [0.15, 0.2) is 0 Å². The van der Waals surface area contributed by atoms with Gasteiger partial charge in [0.1, 0.15) is 0 Å². The molecule has 0 heterocycles. The van der Waals surface area contributed by atoms with Crippen LogP contribution in [-0.2, 0) is 9.59 Å². The van der Waals surface area contributed by atoms with E-state index in [4.69, 9.17) is 0 Å². The Hall–Kier alpha value is 0.820. The molecule has 0 amide bonds. The van der Waals surface area contributed by atoms with Gasteiger partial charge in [-0.25, -0.2) is 0 Å². The maximum Gasteiger partial charge on any atom is 1.00 e. The Morgan fingerprint density at radius 3 is 1.22 bits per heavy atom. The molecular formula is C14H28N2Na2O5. The molecular weight excluding hydrogens is 322 g/mol. The zero-order chi connectivity index (χ0) is 15.4. The molecule has 2 N–H and O–H groups in total. The van der Waals surface area contributed by atoms with Crippen molar-refractivity contribution >= 4 is 11.9 Å². The zero-order valence-electron chi connectivity index (χ0n) is 15.1. The minimum atomic E-state index is -1.03. The topological polar surface area (TPSA) is 118 Å². The molecule has 0 aliphatic heterocycles. The molecule has 0 aliphatic rings. The molecule has 0 unspecified atom stereocenters. The number of hydrogen-bond donors (Lipinski definition) is 0. The predicted molar refractivity (Wildman–Crippen MR) is 76.3 cm³/mol. The fraction of sp³-hybridized carbons (Fsp3) is 0.857. The summed E-state index contributed by atoms with van der Waals surface area (Å²) >= 11 is 0. The van der Waals surface area contributed by atoms with Crippen molar-refractivity contribution in [2.75, 3.05) is 39.3 Å². The minimum absolute atomic E-state index is 0. The molecule has 0 saturated heterocycles. The van der Waals surface area contributed by atoms with E-state index in [2.05, 4.69) is 9.80 Å². The fourth-order valence-electron chi connectivity index (χ4n) is 2.08. The van der Waals surface area contributed by atoms with E-state index in [1.165, 1.54) is 0 Å². The van der Waals surface area contributed by atoms with Crippen molar-refractivity contribution in [3.8, 4) is 0 Å². The van der Waals surface area contributed by atoms with Gasteiger partial charge in [-0.2, -0.15) is 0 Å². The first-order valence-electron chi connectivity index (χ1n) is 7.34. The average molecular weight is 350 g/mol. The summed E-state index contributed by atoms with van der Waals surface area (Å²) < 4.78 is 0. The molecule has 0 aromatic rings. The quantitative estimate of drug-likeness (QED) is 0.304. The van der Waals surface area contributed by atoms with Crippen LogP contribution in [0.3, 0.4) is 0 Å². The largest absolute Gasteiger partial charge is 1.00 e. The Kier molecular flexibility index (Phi) is 28.6. The van der Waals surface area contributed by atoms with Crippen LogP contribution in [0.25, 0.3) is 0 Å². The third-order valence-electron chi connectivity index (χ3n) is 3.08. The number of nitrogens with zero attached hydrogens (tertiary/aromatic N) is 2. The maximum atomic E-state index is 10.5. The number of carbonyl (C=O) groups excluding carboxylic acids is 2. The van der Waals surface area contributed by atoms with Crippen LogP contribution in [0, 0.1) is 0 Å². The van der Waals surface area contributed by atoms with Gasteiger partial charge in [-0.15, -0.1) is 0 Å². The van der Waals surface area contributed by atoms with Crippen LogP contribution in [0.2, 0.25) is 0 Å². The smallest absolute Gasteiger partial charge is 0.550 e. The molecule has 0 bridgehead atoms. The van der Waals surface area contributed by atoms with Gasteiger partial charge in [0, 0.05) is 38.1 Å². The van der Waals surface area contributed by atoms with E-state index in [1.807, 2.05) is 13.8 Å². The molecule has 0 aliphatic carbocycles. The average Bonchev–Trinajstić information content (AvgIpc) is 2.38. The van der Waals surface area contributed by atoms with E-state index >= 15 is 0 Å². The Morgan fingerprint density at radius 2 is 1.00 bits per heavy atom. The van der Waals surface area contributed by atoms with Crippen LogP contribution in [0.1, 0.15) is 39.5 Å². The SMILES string of the molecule is CCCN(CCC(=O)[O-])CCN(CCC)CCC(=O)[O-].O.[Na+].[Na+]. The van der Waals surface area contributed by atoms with Crippen LogP contribution < -0.4 is 69.3 Å². The number of carbonyl (C=O) groups is 2. The predicted octanol–water partition coefficient (Wildman–Crippen LogP) is -8.13. The molecule has 0 rings (SSSR count). The minimum Gasteiger partial charge on any atom is -0.550 e. The number of carboxylic acid groups (broad SMARTS) is 2. The summed E-state index contributed by atoms with van der Waals surface area (Å²) in [4.78, 5) is 25.2. The Labute approximate surface area is 183 Å². The van der Waals surface area contributed by atoms with Gasteiger partial charge in [-0.1, -0.05) is 13.8 Å². The first-order chi connectivity index (χ1) is 9.49. The van der Waals surface area contributed by atoms with Gasteiger partial charge in [-0.3, -0.25) is 0 Å². The van der Waals surface area contributed by atoms with Gasteiger partial charge in [0.2, 0.25) is 0 Å². The van der Waals surface area contributed by atoms with E-state index in [0.717, 1.165) is 39.0 Å². The molecule has 9 heteroatoms. The third kappa shape index (κ3) is 20.8. The van der Waals surface area contributed by atoms with Crippen molar-refractivity contribution < 1.29 is 84.4 Å². The van der Waals surface area contributed by atoms with Crippen molar-refractivity contribution in [3.63, 3.8) is 0 Å². The van der Waals surface area contributed by atoms with Crippen LogP contribution in [0.5, 0.6) is 0 Å². The number of carboxylic acids is 2. The van der Waals surface area contributed by atoms with Crippen LogP contribution in [-0.4, -0.2) is 66.5 Å². The molecule has 23 heavy (non-hydrogen) atoms. The van der Waals surface area contributed by atoms with Crippen molar-refractivity contribution in [1.82, 2.24) is 9.80 Å². The third-order valence-corrected chi connectivity index (χ3v) is 3.08. The maximum absolute atomic E-state index is 10.5. The first-order valence-corrected chi connectivity index (χ1v) is 7.34. The molecule has 0 aromatic carbocycles. The van der Waals surface area contributed by atoms with Crippen LogP contribution in [0.15, 0.2) is 0 Å². The summed E-state index contributed by atoms with van der Waals surface area (Å²) in [5, 5.41) is 21.0. The van der Waals surface area contributed by atoms with E-state index < -0.39 is 11.9 Å². The zero-order valence-corrected chi connectivity index (χ0v) is 19.1. The van der Waals surface area contributed by atoms with Gasteiger partial charge in [0.25, 0.3) is 0 Å². The van der Waals surface area contributed by atoms with Crippen LogP contribution in [0.4, 0.5) is 0 Å². The van der Waals surface area contributed by atoms with E-state index in [1.54, 1.807) is 0 Å². The Balaban J connectivity index is -0.000000602. The molecule has 0 radical (unpaired) electrons. The number of hydrogen-bond acceptors (Lipinski definition) is 6. The summed E-state index contributed by atoms with van der Waals surface area (Å²) in [6.45, 7) is 8.23. The van der Waals surface area contributed by atoms with Crippen LogP contribution >= 0.6 is 0 Å². The number of aliphatic carboxylic acids is 2. The van der Waals surface area contributed by atoms with Crippen molar-refractivity contribution in [2.24, 2.45) is 0 Å². The summed E-state index contributed by atoms with van der Waals surface area (Å²) in [7, 11) is 0. The monoisotopic (exact) mass is 350 g/mol. The Bertz CT molecular complexity index is 268. The molecule has 0 atom stereocenters. The molecule has 0 fully saturated rings. The van der Waals surface area contributed by atoms with Gasteiger partial charge >= 0.3 is 59.1 Å². The molecule has 0 spiro atoms. The summed E-state index contributed by atoms with van der Waals surface area (Å²) in [6.07, 6.45) is 1.99. The summed E-state index contributed by atoms with van der Waals surface area (Å²) in [5.74, 6) is -2.07. The molecule has 0 aromatic heterocycles. The molecule has 0 saturated carbocycles.